The van der Waals surface area contributed by atoms with Gasteiger partial charge in [0.25, 0.3) is 0 Å². The van der Waals surface area contributed by atoms with E-state index in [0.717, 1.165) is 24.8 Å². The Hall–Kier alpha value is -1.20. The lowest BCUT2D eigenvalue weighted by atomic mass is 10.0. The van der Waals surface area contributed by atoms with Crippen molar-refractivity contribution in [3.05, 3.63) is 47.3 Å². The number of hydrogen-bond acceptors (Lipinski definition) is 2. The van der Waals surface area contributed by atoms with Gasteiger partial charge in [0, 0.05) is 12.1 Å². The van der Waals surface area contributed by atoms with Gasteiger partial charge in [0.15, 0.2) is 0 Å². The molecule has 2 rings (SSSR count). The molecule has 0 saturated heterocycles. The number of rotatable bonds is 5. The largest absolute Gasteiger partial charge is 0.216 e. The zero-order valence-electron chi connectivity index (χ0n) is 10.7. The van der Waals surface area contributed by atoms with Gasteiger partial charge in [-0.05, 0) is 31.7 Å². The van der Waals surface area contributed by atoms with E-state index in [-0.39, 0.29) is 11.3 Å². The summed E-state index contributed by atoms with van der Waals surface area (Å²) in [4.78, 5) is 0. The highest BCUT2D eigenvalue weighted by Gasteiger charge is 2.15. The first-order valence-corrected chi connectivity index (χ1v) is 8.11. The second kappa shape index (κ2) is 6.30. The van der Waals surface area contributed by atoms with E-state index in [1.165, 1.54) is 18.6 Å². The molecule has 0 bridgehead atoms. The van der Waals surface area contributed by atoms with Crippen LogP contribution in [0, 0.1) is 5.82 Å². The van der Waals surface area contributed by atoms with Crippen LogP contribution < -0.4 is 4.72 Å². The van der Waals surface area contributed by atoms with Gasteiger partial charge in [0.05, 0.1) is 5.75 Å². The third-order valence-electron chi connectivity index (χ3n) is 3.21. The Morgan fingerprint density at radius 1 is 1.21 bits per heavy atom. The van der Waals surface area contributed by atoms with E-state index in [4.69, 9.17) is 0 Å². The highest BCUT2D eigenvalue weighted by atomic mass is 32.2. The lowest BCUT2D eigenvalue weighted by Crippen LogP contribution is -2.27. The van der Waals surface area contributed by atoms with Crippen molar-refractivity contribution in [3.8, 4) is 0 Å². The first-order valence-electron chi connectivity index (χ1n) is 6.45. The normalized spacial score (nSPS) is 16.2. The molecule has 104 valence electrons. The SMILES string of the molecule is O=S(=O)(Cc1ccccc1F)NCC1=CCCCC1. The predicted octanol–water partition coefficient (Wildman–Crippen LogP) is 2.75. The Balaban J connectivity index is 1.95. The molecule has 0 unspecified atom stereocenters. The maximum atomic E-state index is 13.4. The van der Waals surface area contributed by atoms with E-state index in [1.54, 1.807) is 12.1 Å². The van der Waals surface area contributed by atoms with Gasteiger partial charge < -0.3 is 0 Å². The van der Waals surface area contributed by atoms with Gasteiger partial charge in [-0.2, -0.15) is 0 Å². The third kappa shape index (κ3) is 4.44. The third-order valence-corrected chi connectivity index (χ3v) is 4.48. The maximum absolute atomic E-state index is 13.4. The van der Waals surface area contributed by atoms with Crippen LogP contribution in [0.25, 0.3) is 0 Å². The number of nitrogens with one attached hydrogen (secondary N) is 1. The summed E-state index contributed by atoms with van der Waals surface area (Å²) in [5.41, 5.74) is 1.33. The topological polar surface area (TPSA) is 46.2 Å². The van der Waals surface area contributed by atoms with Gasteiger partial charge in [-0.25, -0.2) is 17.5 Å². The molecule has 1 N–H and O–H groups in total. The van der Waals surface area contributed by atoms with Gasteiger partial charge in [0.2, 0.25) is 10.0 Å². The summed E-state index contributed by atoms with van der Waals surface area (Å²) in [5.74, 6) is -0.794. The molecule has 3 nitrogen and oxygen atoms in total. The van der Waals surface area contributed by atoms with Crippen LogP contribution in [-0.4, -0.2) is 15.0 Å². The summed E-state index contributed by atoms with van der Waals surface area (Å²) in [5, 5.41) is 0. The Morgan fingerprint density at radius 2 is 2.00 bits per heavy atom. The van der Waals surface area contributed by atoms with Crippen molar-refractivity contribution in [3.63, 3.8) is 0 Å². The van der Waals surface area contributed by atoms with Crippen LogP contribution in [0.2, 0.25) is 0 Å². The first-order chi connectivity index (χ1) is 9.07. The van der Waals surface area contributed by atoms with Crippen molar-refractivity contribution in [1.29, 1.82) is 0 Å². The van der Waals surface area contributed by atoms with Crippen LogP contribution in [-0.2, 0) is 15.8 Å². The van der Waals surface area contributed by atoms with Gasteiger partial charge in [-0.15, -0.1) is 0 Å². The second-order valence-electron chi connectivity index (χ2n) is 4.78. The summed E-state index contributed by atoms with van der Waals surface area (Å²) in [6, 6.07) is 5.95. The molecule has 0 radical (unpaired) electrons. The molecule has 1 aliphatic carbocycles. The molecule has 5 heteroatoms. The zero-order chi connectivity index (χ0) is 13.7. The molecule has 19 heavy (non-hydrogen) atoms. The minimum atomic E-state index is -3.49. The fourth-order valence-electron chi connectivity index (χ4n) is 2.14. The zero-order valence-corrected chi connectivity index (χ0v) is 11.5. The van der Waals surface area contributed by atoms with Crippen molar-refractivity contribution in [2.24, 2.45) is 0 Å². The van der Waals surface area contributed by atoms with Crippen LogP contribution in [0.15, 0.2) is 35.9 Å². The molecule has 1 aliphatic rings. The summed E-state index contributed by atoms with van der Waals surface area (Å²) < 4.78 is 39.7. The average molecular weight is 283 g/mol. The number of benzene rings is 1. The monoisotopic (exact) mass is 283 g/mol. The maximum Gasteiger partial charge on any atom is 0.216 e. The van der Waals surface area contributed by atoms with E-state index < -0.39 is 15.8 Å². The van der Waals surface area contributed by atoms with E-state index in [2.05, 4.69) is 10.8 Å². The summed E-state index contributed by atoms with van der Waals surface area (Å²) in [6.45, 7) is 0.344. The molecular formula is C14H18FNO2S. The Bertz CT molecular complexity index is 567. The molecule has 0 atom stereocenters. The van der Waals surface area contributed by atoms with Crippen LogP contribution in [0.5, 0.6) is 0 Å². The van der Waals surface area contributed by atoms with E-state index >= 15 is 0 Å². The van der Waals surface area contributed by atoms with E-state index in [0.29, 0.717) is 6.54 Å². The fraction of sp³-hybridized carbons (Fsp3) is 0.429. The molecule has 0 aliphatic heterocycles. The quantitative estimate of drug-likeness (QED) is 0.845. The highest BCUT2D eigenvalue weighted by molar-refractivity contribution is 7.88. The number of halogens is 1. The molecule has 0 heterocycles. The first kappa shape index (κ1) is 14.2. The summed E-state index contributed by atoms with van der Waals surface area (Å²) >= 11 is 0. The van der Waals surface area contributed by atoms with Gasteiger partial charge in [-0.1, -0.05) is 29.8 Å². The van der Waals surface area contributed by atoms with Crippen molar-refractivity contribution in [1.82, 2.24) is 4.72 Å². The molecule has 0 fully saturated rings. The summed E-state index contributed by atoms with van der Waals surface area (Å²) in [7, 11) is -3.49. The minimum Gasteiger partial charge on any atom is -0.212 e. The van der Waals surface area contributed by atoms with Crippen molar-refractivity contribution >= 4 is 10.0 Å². The Morgan fingerprint density at radius 3 is 2.68 bits per heavy atom. The van der Waals surface area contributed by atoms with E-state index in [9.17, 15) is 12.8 Å². The van der Waals surface area contributed by atoms with Crippen LogP contribution in [0.1, 0.15) is 31.2 Å². The van der Waals surface area contributed by atoms with Gasteiger partial charge >= 0.3 is 0 Å². The number of hydrogen-bond donors (Lipinski definition) is 1. The lowest BCUT2D eigenvalue weighted by Gasteiger charge is -2.13. The number of sulfonamides is 1. The molecule has 1 aromatic carbocycles. The lowest BCUT2D eigenvalue weighted by molar-refractivity contribution is 0.575. The molecule has 0 spiro atoms. The van der Waals surface area contributed by atoms with Gasteiger partial charge in [0.1, 0.15) is 5.82 Å². The van der Waals surface area contributed by atoms with Crippen LogP contribution in [0.3, 0.4) is 0 Å². The number of allylic oxidation sites excluding steroid dienone is 1. The van der Waals surface area contributed by atoms with Crippen LogP contribution in [0.4, 0.5) is 4.39 Å². The predicted molar refractivity (Wildman–Crippen MR) is 73.6 cm³/mol. The van der Waals surface area contributed by atoms with Crippen LogP contribution >= 0.6 is 0 Å². The van der Waals surface area contributed by atoms with E-state index in [1.807, 2.05) is 0 Å². The van der Waals surface area contributed by atoms with Crippen molar-refractivity contribution in [2.75, 3.05) is 6.54 Å². The smallest absolute Gasteiger partial charge is 0.212 e. The Labute approximate surface area is 113 Å². The molecule has 0 aromatic heterocycles. The van der Waals surface area contributed by atoms with Gasteiger partial charge in [-0.3, -0.25) is 0 Å². The average Bonchev–Trinajstić information content (AvgIpc) is 2.40. The standard InChI is InChI=1S/C14H18FNO2S/c15-14-9-5-4-8-13(14)11-19(17,18)16-10-12-6-2-1-3-7-12/h4-6,8-9,16H,1-3,7,10-11H2. The van der Waals surface area contributed by atoms with Crippen molar-refractivity contribution in [2.45, 2.75) is 31.4 Å². The molecular weight excluding hydrogens is 265 g/mol. The highest BCUT2D eigenvalue weighted by Crippen LogP contribution is 2.17. The summed E-state index contributed by atoms with van der Waals surface area (Å²) in [6.07, 6.45) is 6.34. The molecule has 1 aromatic rings. The second-order valence-corrected chi connectivity index (χ2v) is 6.59. The molecule has 0 saturated carbocycles. The van der Waals surface area contributed by atoms with Crippen molar-refractivity contribution < 1.29 is 12.8 Å². The fourth-order valence-corrected chi connectivity index (χ4v) is 3.29. The Kier molecular flexibility index (Phi) is 4.71. The molecule has 0 amide bonds. The minimum absolute atomic E-state index is 0.202.